The zero-order valence-electron chi connectivity index (χ0n) is 12.9. The molecule has 1 aromatic carbocycles. The summed E-state index contributed by atoms with van der Waals surface area (Å²) >= 11 is 0. The molecule has 1 aliphatic rings. The van der Waals surface area contributed by atoms with Gasteiger partial charge in [0.25, 0.3) is 0 Å². The lowest BCUT2D eigenvalue weighted by atomic mass is 10.0. The summed E-state index contributed by atoms with van der Waals surface area (Å²) in [5, 5.41) is 2.71. The van der Waals surface area contributed by atoms with Gasteiger partial charge in [-0.3, -0.25) is 0 Å². The molecule has 21 heavy (non-hydrogen) atoms. The molecule has 0 unspecified atom stereocenters. The molecule has 0 aliphatic carbocycles. The molecule has 1 amide bonds. The summed E-state index contributed by atoms with van der Waals surface area (Å²) in [6.45, 7) is 7.83. The summed E-state index contributed by atoms with van der Waals surface area (Å²) in [5.41, 5.74) is 0.817. The lowest BCUT2D eigenvalue weighted by Gasteiger charge is -2.18. The van der Waals surface area contributed by atoms with Crippen LogP contribution in [0.2, 0.25) is 0 Å². The highest BCUT2D eigenvalue weighted by atomic mass is 16.6. The van der Waals surface area contributed by atoms with Crippen LogP contribution in [0.1, 0.15) is 32.8 Å². The average molecular weight is 293 g/mol. The van der Waals surface area contributed by atoms with E-state index < -0.39 is 6.09 Å². The fourth-order valence-electron chi connectivity index (χ4n) is 2.31. The summed E-state index contributed by atoms with van der Waals surface area (Å²) in [5.74, 6) is 1.15. The molecule has 0 bridgehead atoms. The summed E-state index contributed by atoms with van der Waals surface area (Å²) in [4.78, 5) is 11.8. The minimum atomic E-state index is -0.465. The first-order chi connectivity index (χ1) is 10.0. The molecule has 0 saturated carbocycles. The number of hydrogen-bond donors (Lipinski definition) is 1. The van der Waals surface area contributed by atoms with Gasteiger partial charge in [0, 0.05) is 31.7 Å². The van der Waals surface area contributed by atoms with E-state index in [1.807, 2.05) is 32.9 Å². The fraction of sp³-hybridized carbons (Fsp3) is 0.562. The van der Waals surface area contributed by atoms with E-state index >= 15 is 0 Å². The molecule has 5 heteroatoms. The van der Waals surface area contributed by atoms with E-state index in [0.29, 0.717) is 31.3 Å². The van der Waals surface area contributed by atoms with Crippen LogP contribution in [-0.4, -0.2) is 31.5 Å². The van der Waals surface area contributed by atoms with E-state index in [0.717, 1.165) is 18.4 Å². The molecule has 0 spiro atoms. The van der Waals surface area contributed by atoms with E-state index in [9.17, 15) is 4.79 Å². The lowest BCUT2D eigenvalue weighted by molar-refractivity contribution is 0.132. The quantitative estimate of drug-likeness (QED) is 0.819. The van der Waals surface area contributed by atoms with Crippen LogP contribution in [0.4, 0.5) is 4.79 Å². The Bertz CT molecular complexity index is 499. The summed E-state index contributed by atoms with van der Waals surface area (Å²) in [6, 6.07) is 5.62. The van der Waals surface area contributed by atoms with Gasteiger partial charge in [0.1, 0.15) is 5.60 Å². The van der Waals surface area contributed by atoms with Gasteiger partial charge in [-0.1, -0.05) is 12.1 Å². The van der Waals surface area contributed by atoms with Crippen molar-refractivity contribution in [1.82, 2.24) is 5.32 Å². The number of nitrogens with one attached hydrogen (secondary N) is 1. The van der Waals surface area contributed by atoms with E-state index in [4.69, 9.17) is 14.2 Å². The number of amides is 1. The van der Waals surface area contributed by atoms with Crippen molar-refractivity contribution in [1.29, 1.82) is 0 Å². The standard InChI is InChI=1S/C16H23NO4/c1-4-19-10-6-9-17-15(18)20-13-8-5-7-12-11-16(2,3)21-14(12)13/h5,7-8H,4,6,9-11H2,1-3H3,(H,17,18). The molecule has 0 aromatic heterocycles. The summed E-state index contributed by atoms with van der Waals surface area (Å²) < 4.78 is 16.4. The molecule has 1 aromatic rings. The van der Waals surface area contributed by atoms with Gasteiger partial charge < -0.3 is 19.5 Å². The molecule has 0 atom stereocenters. The Morgan fingerprint density at radius 2 is 2.24 bits per heavy atom. The summed E-state index contributed by atoms with van der Waals surface area (Å²) in [6.07, 6.45) is 1.11. The zero-order valence-corrected chi connectivity index (χ0v) is 12.9. The van der Waals surface area contributed by atoms with Gasteiger partial charge >= 0.3 is 6.09 Å². The zero-order chi connectivity index (χ0) is 15.3. The lowest BCUT2D eigenvalue weighted by Crippen LogP contribution is -2.29. The van der Waals surface area contributed by atoms with Gasteiger partial charge in [-0.25, -0.2) is 4.79 Å². The summed E-state index contributed by atoms with van der Waals surface area (Å²) in [7, 11) is 0. The van der Waals surface area contributed by atoms with Gasteiger partial charge in [-0.2, -0.15) is 0 Å². The number of fused-ring (bicyclic) bond motifs is 1. The van der Waals surface area contributed by atoms with Crippen molar-refractivity contribution in [2.75, 3.05) is 19.8 Å². The van der Waals surface area contributed by atoms with Crippen molar-refractivity contribution >= 4 is 6.09 Å². The number of rotatable bonds is 6. The topological polar surface area (TPSA) is 56.8 Å². The van der Waals surface area contributed by atoms with Gasteiger partial charge in [-0.15, -0.1) is 0 Å². The van der Waals surface area contributed by atoms with Gasteiger partial charge in [-0.05, 0) is 33.3 Å². The highest BCUT2D eigenvalue weighted by Crippen LogP contribution is 2.41. The second-order valence-corrected chi connectivity index (χ2v) is 5.65. The number of para-hydroxylation sites is 1. The predicted octanol–water partition coefficient (Wildman–Crippen LogP) is 2.92. The van der Waals surface area contributed by atoms with Crippen molar-refractivity contribution in [2.24, 2.45) is 0 Å². The fourth-order valence-corrected chi connectivity index (χ4v) is 2.31. The molecule has 1 N–H and O–H groups in total. The smallest absolute Gasteiger partial charge is 0.412 e. The molecule has 0 fully saturated rings. The van der Waals surface area contributed by atoms with Crippen molar-refractivity contribution in [3.8, 4) is 11.5 Å². The highest BCUT2D eigenvalue weighted by molar-refractivity contribution is 5.71. The molecule has 2 rings (SSSR count). The first-order valence-corrected chi connectivity index (χ1v) is 7.36. The molecule has 1 aliphatic heterocycles. The maximum atomic E-state index is 11.8. The van der Waals surface area contributed by atoms with Crippen LogP contribution in [-0.2, 0) is 11.2 Å². The van der Waals surface area contributed by atoms with Crippen LogP contribution in [0.25, 0.3) is 0 Å². The number of carbonyl (C=O) groups is 1. The third kappa shape index (κ3) is 4.36. The second-order valence-electron chi connectivity index (χ2n) is 5.65. The van der Waals surface area contributed by atoms with Gasteiger partial charge in [0.05, 0.1) is 0 Å². The Hall–Kier alpha value is -1.75. The second kappa shape index (κ2) is 6.80. The molecule has 116 valence electrons. The van der Waals surface area contributed by atoms with Crippen LogP contribution in [0.15, 0.2) is 18.2 Å². The first-order valence-electron chi connectivity index (χ1n) is 7.36. The minimum absolute atomic E-state index is 0.254. The largest absolute Gasteiger partial charge is 0.483 e. The molecule has 0 saturated heterocycles. The number of ether oxygens (including phenoxy) is 3. The van der Waals surface area contributed by atoms with Crippen molar-refractivity contribution in [3.63, 3.8) is 0 Å². The van der Waals surface area contributed by atoms with E-state index in [-0.39, 0.29) is 5.60 Å². The monoisotopic (exact) mass is 293 g/mol. The number of hydrogen-bond acceptors (Lipinski definition) is 4. The Kier molecular flexibility index (Phi) is 5.07. The van der Waals surface area contributed by atoms with Gasteiger partial charge in [0.15, 0.2) is 11.5 Å². The van der Waals surface area contributed by atoms with Crippen molar-refractivity contribution in [3.05, 3.63) is 23.8 Å². The average Bonchev–Trinajstić information content (AvgIpc) is 2.74. The van der Waals surface area contributed by atoms with Crippen LogP contribution < -0.4 is 14.8 Å². The Labute approximate surface area is 125 Å². The van der Waals surface area contributed by atoms with Crippen LogP contribution in [0.3, 0.4) is 0 Å². The van der Waals surface area contributed by atoms with E-state index in [1.165, 1.54) is 0 Å². The number of benzene rings is 1. The van der Waals surface area contributed by atoms with Crippen molar-refractivity contribution < 1.29 is 19.0 Å². The molecular formula is C16H23NO4. The third-order valence-electron chi connectivity index (χ3n) is 3.20. The molecular weight excluding hydrogens is 270 g/mol. The Morgan fingerprint density at radius 1 is 1.43 bits per heavy atom. The van der Waals surface area contributed by atoms with Crippen LogP contribution in [0.5, 0.6) is 11.5 Å². The molecule has 1 heterocycles. The first kappa shape index (κ1) is 15.6. The maximum absolute atomic E-state index is 11.8. The predicted molar refractivity (Wildman–Crippen MR) is 80.0 cm³/mol. The number of carbonyl (C=O) groups excluding carboxylic acids is 1. The van der Waals surface area contributed by atoms with E-state index in [1.54, 1.807) is 6.07 Å². The molecule has 0 radical (unpaired) electrons. The van der Waals surface area contributed by atoms with E-state index in [2.05, 4.69) is 5.32 Å². The normalized spacial score (nSPS) is 15.2. The van der Waals surface area contributed by atoms with Crippen molar-refractivity contribution in [2.45, 2.75) is 39.2 Å². The van der Waals surface area contributed by atoms with Crippen LogP contribution >= 0.6 is 0 Å². The Morgan fingerprint density at radius 3 is 3.00 bits per heavy atom. The molecule has 5 nitrogen and oxygen atoms in total. The highest BCUT2D eigenvalue weighted by Gasteiger charge is 2.32. The Balaban J connectivity index is 1.87. The minimum Gasteiger partial charge on any atom is -0.483 e. The van der Waals surface area contributed by atoms with Gasteiger partial charge in [0.2, 0.25) is 0 Å². The van der Waals surface area contributed by atoms with Crippen LogP contribution in [0, 0.1) is 0 Å². The maximum Gasteiger partial charge on any atom is 0.412 e. The third-order valence-corrected chi connectivity index (χ3v) is 3.20. The SMILES string of the molecule is CCOCCCNC(=O)Oc1cccc2c1OC(C)(C)C2.